The van der Waals surface area contributed by atoms with Gasteiger partial charge in [-0.1, -0.05) is 13.8 Å². The van der Waals surface area contributed by atoms with Gasteiger partial charge < -0.3 is 19.4 Å². The highest BCUT2D eigenvalue weighted by atomic mass is 32.1. The molecule has 0 fully saturated rings. The van der Waals surface area contributed by atoms with Crippen molar-refractivity contribution in [3.63, 3.8) is 0 Å². The van der Waals surface area contributed by atoms with Crippen LogP contribution in [0.2, 0.25) is 0 Å². The molecule has 1 aromatic carbocycles. The maximum atomic E-state index is 12.6. The maximum Gasteiger partial charge on any atom is 0.252 e. The van der Waals surface area contributed by atoms with E-state index in [9.17, 15) is 4.79 Å². The number of amides is 1. The van der Waals surface area contributed by atoms with Crippen LogP contribution >= 0.6 is 12.2 Å². The molecule has 1 aliphatic rings. The normalized spacial score (nSPS) is 14.1. The fourth-order valence-electron chi connectivity index (χ4n) is 2.43. The zero-order valence-corrected chi connectivity index (χ0v) is 13.9. The van der Waals surface area contributed by atoms with Crippen molar-refractivity contribution in [2.75, 3.05) is 6.79 Å². The molecule has 2 heterocycles. The lowest BCUT2D eigenvalue weighted by atomic mass is 10.0. The van der Waals surface area contributed by atoms with Crippen LogP contribution in [0.3, 0.4) is 0 Å². The quantitative estimate of drug-likeness (QED) is 0.839. The molecule has 0 saturated heterocycles. The molecule has 3 rings (SSSR count). The monoisotopic (exact) mass is 334 g/mol. The second-order valence-electron chi connectivity index (χ2n) is 5.71. The number of fused-ring (bicyclic) bond motifs is 1. The third-order valence-corrected chi connectivity index (χ3v) is 4.15. The largest absolute Gasteiger partial charge is 0.454 e. The van der Waals surface area contributed by atoms with Crippen LogP contribution in [0.25, 0.3) is 0 Å². The SMILES string of the molecule is CC(C)[C@@H](NC(=O)c1ccc2c(c1)OCO2)c1n[nH]c(=S)n1C. The summed E-state index contributed by atoms with van der Waals surface area (Å²) in [7, 11) is 1.82. The number of hydrogen-bond acceptors (Lipinski definition) is 5. The number of H-pyrrole nitrogens is 1. The summed E-state index contributed by atoms with van der Waals surface area (Å²) in [6.45, 7) is 4.21. The Bertz CT molecular complexity index is 796. The zero-order chi connectivity index (χ0) is 16.6. The van der Waals surface area contributed by atoms with E-state index in [2.05, 4.69) is 15.5 Å². The molecule has 7 nitrogen and oxygen atoms in total. The van der Waals surface area contributed by atoms with E-state index in [0.29, 0.717) is 27.7 Å². The van der Waals surface area contributed by atoms with E-state index < -0.39 is 0 Å². The van der Waals surface area contributed by atoms with E-state index in [-0.39, 0.29) is 24.7 Å². The predicted octanol–water partition coefficient (Wildman–Crippen LogP) is 2.33. The molecule has 1 aromatic heterocycles. The van der Waals surface area contributed by atoms with Gasteiger partial charge in [0.2, 0.25) is 6.79 Å². The third-order valence-electron chi connectivity index (χ3n) is 3.78. The fourth-order valence-corrected chi connectivity index (χ4v) is 2.57. The van der Waals surface area contributed by atoms with Gasteiger partial charge in [0.25, 0.3) is 5.91 Å². The van der Waals surface area contributed by atoms with Crippen molar-refractivity contribution in [3.8, 4) is 11.5 Å². The number of rotatable bonds is 4. The number of nitrogens with zero attached hydrogens (tertiary/aromatic N) is 2. The van der Waals surface area contributed by atoms with Crippen LogP contribution in [-0.4, -0.2) is 27.5 Å². The van der Waals surface area contributed by atoms with Gasteiger partial charge in [0.15, 0.2) is 22.1 Å². The molecule has 2 aromatic rings. The van der Waals surface area contributed by atoms with Gasteiger partial charge in [0.05, 0.1) is 6.04 Å². The van der Waals surface area contributed by atoms with Gasteiger partial charge >= 0.3 is 0 Å². The summed E-state index contributed by atoms with van der Waals surface area (Å²) < 4.78 is 12.8. The highest BCUT2D eigenvalue weighted by Gasteiger charge is 2.24. The van der Waals surface area contributed by atoms with Gasteiger partial charge in [-0.2, -0.15) is 5.10 Å². The number of nitrogens with one attached hydrogen (secondary N) is 2. The Labute approximate surface area is 138 Å². The van der Waals surface area contributed by atoms with E-state index in [0.717, 1.165) is 0 Å². The average Bonchev–Trinajstić information content (AvgIpc) is 3.11. The molecular weight excluding hydrogens is 316 g/mol. The topological polar surface area (TPSA) is 81.2 Å². The van der Waals surface area contributed by atoms with Gasteiger partial charge in [-0.25, -0.2) is 0 Å². The Morgan fingerprint density at radius 3 is 2.78 bits per heavy atom. The van der Waals surface area contributed by atoms with Gasteiger partial charge in [-0.3, -0.25) is 9.89 Å². The minimum atomic E-state index is -0.258. The number of aromatic nitrogens is 3. The molecule has 0 radical (unpaired) electrons. The third kappa shape index (κ3) is 2.94. The Kier molecular flexibility index (Phi) is 4.08. The molecule has 0 saturated carbocycles. The number of benzene rings is 1. The smallest absolute Gasteiger partial charge is 0.252 e. The minimum absolute atomic E-state index is 0.150. The van der Waals surface area contributed by atoms with E-state index in [1.54, 1.807) is 22.8 Å². The van der Waals surface area contributed by atoms with Crippen LogP contribution in [0, 0.1) is 10.7 Å². The number of aromatic amines is 1. The highest BCUT2D eigenvalue weighted by molar-refractivity contribution is 7.71. The molecule has 0 spiro atoms. The van der Waals surface area contributed by atoms with Crippen molar-refractivity contribution in [1.82, 2.24) is 20.1 Å². The molecule has 0 unspecified atom stereocenters. The Balaban J connectivity index is 1.84. The first-order valence-corrected chi connectivity index (χ1v) is 7.70. The van der Waals surface area contributed by atoms with Gasteiger partial charge in [0.1, 0.15) is 0 Å². The summed E-state index contributed by atoms with van der Waals surface area (Å²) in [5.41, 5.74) is 0.511. The molecule has 2 N–H and O–H groups in total. The second-order valence-corrected chi connectivity index (χ2v) is 6.10. The summed E-state index contributed by atoms with van der Waals surface area (Å²) in [5.74, 6) is 1.88. The molecular formula is C15H18N4O3S. The van der Waals surface area contributed by atoms with Crippen LogP contribution in [0.15, 0.2) is 18.2 Å². The molecule has 23 heavy (non-hydrogen) atoms. The van der Waals surface area contributed by atoms with Crippen LogP contribution in [-0.2, 0) is 7.05 Å². The first kappa shape index (κ1) is 15.5. The predicted molar refractivity (Wildman–Crippen MR) is 86.0 cm³/mol. The summed E-state index contributed by atoms with van der Waals surface area (Å²) in [4.78, 5) is 12.6. The number of carbonyl (C=O) groups is 1. The van der Waals surface area contributed by atoms with Crippen LogP contribution < -0.4 is 14.8 Å². The van der Waals surface area contributed by atoms with Crippen molar-refractivity contribution < 1.29 is 14.3 Å². The van der Waals surface area contributed by atoms with E-state index in [1.807, 2.05) is 20.9 Å². The van der Waals surface area contributed by atoms with Crippen molar-refractivity contribution in [1.29, 1.82) is 0 Å². The van der Waals surface area contributed by atoms with Crippen molar-refractivity contribution >= 4 is 18.1 Å². The highest BCUT2D eigenvalue weighted by Crippen LogP contribution is 2.32. The van der Waals surface area contributed by atoms with Crippen molar-refractivity contribution in [3.05, 3.63) is 34.4 Å². The number of ether oxygens (including phenoxy) is 2. The average molecular weight is 334 g/mol. The lowest BCUT2D eigenvalue weighted by Crippen LogP contribution is -2.33. The fraction of sp³-hybridized carbons (Fsp3) is 0.400. The summed E-state index contributed by atoms with van der Waals surface area (Å²) in [6.07, 6.45) is 0. The second kappa shape index (κ2) is 6.04. The van der Waals surface area contributed by atoms with Gasteiger partial charge in [-0.05, 0) is 36.3 Å². The molecule has 1 aliphatic heterocycles. The van der Waals surface area contributed by atoms with Gasteiger partial charge in [-0.15, -0.1) is 0 Å². The summed E-state index contributed by atoms with van der Waals surface area (Å²) in [6, 6.07) is 4.87. The maximum absolute atomic E-state index is 12.6. The molecule has 1 atom stereocenters. The first-order chi connectivity index (χ1) is 11.0. The Morgan fingerprint density at radius 2 is 2.13 bits per heavy atom. The molecule has 0 bridgehead atoms. The molecule has 122 valence electrons. The summed E-state index contributed by atoms with van der Waals surface area (Å²) >= 11 is 5.14. The number of carbonyl (C=O) groups excluding carboxylic acids is 1. The minimum Gasteiger partial charge on any atom is -0.454 e. The summed E-state index contributed by atoms with van der Waals surface area (Å²) in [5, 5.41) is 9.98. The lowest BCUT2D eigenvalue weighted by Gasteiger charge is -2.21. The molecule has 8 heteroatoms. The van der Waals surface area contributed by atoms with Crippen LogP contribution in [0.1, 0.15) is 36.1 Å². The Morgan fingerprint density at radius 1 is 1.39 bits per heavy atom. The van der Waals surface area contributed by atoms with Crippen molar-refractivity contribution in [2.24, 2.45) is 13.0 Å². The van der Waals surface area contributed by atoms with Gasteiger partial charge in [0, 0.05) is 12.6 Å². The van der Waals surface area contributed by atoms with E-state index >= 15 is 0 Å². The van der Waals surface area contributed by atoms with E-state index in [4.69, 9.17) is 21.7 Å². The molecule has 0 aliphatic carbocycles. The van der Waals surface area contributed by atoms with E-state index in [1.165, 1.54) is 0 Å². The van der Waals surface area contributed by atoms with Crippen LogP contribution in [0.5, 0.6) is 11.5 Å². The van der Waals surface area contributed by atoms with Crippen molar-refractivity contribution in [2.45, 2.75) is 19.9 Å². The van der Waals surface area contributed by atoms with Crippen LogP contribution in [0.4, 0.5) is 0 Å². The Hall–Kier alpha value is -2.35. The molecule has 1 amide bonds. The number of hydrogen-bond donors (Lipinski definition) is 2. The lowest BCUT2D eigenvalue weighted by molar-refractivity contribution is 0.0922. The standard InChI is InChI=1S/C15H18N4O3S/c1-8(2)12(13-17-18-15(23)19(13)3)16-14(20)9-4-5-10-11(6-9)22-7-21-10/h4-6,8,12H,7H2,1-3H3,(H,16,20)(H,18,23)/t12-/m1/s1. The first-order valence-electron chi connectivity index (χ1n) is 7.29. The zero-order valence-electron chi connectivity index (χ0n) is 13.1.